The first-order valence-corrected chi connectivity index (χ1v) is 12.3. The molecule has 2 fully saturated rings. The van der Waals surface area contributed by atoms with Gasteiger partial charge in [-0.15, -0.1) is 11.3 Å². The largest absolute Gasteiger partial charge is 0.493 e. The van der Waals surface area contributed by atoms with Crippen LogP contribution in [-0.2, 0) is 0 Å². The van der Waals surface area contributed by atoms with Crippen LogP contribution in [0.1, 0.15) is 32.3 Å². The van der Waals surface area contributed by atoms with E-state index < -0.39 is 0 Å². The molecule has 2 amide bonds. The summed E-state index contributed by atoms with van der Waals surface area (Å²) in [6.07, 6.45) is 1.04. The summed E-state index contributed by atoms with van der Waals surface area (Å²) in [6, 6.07) is 11.2. The van der Waals surface area contributed by atoms with E-state index in [-0.39, 0.29) is 23.7 Å². The number of amides is 2. The van der Waals surface area contributed by atoms with Gasteiger partial charge in [-0.3, -0.25) is 9.59 Å². The van der Waals surface area contributed by atoms with Gasteiger partial charge in [-0.25, -0.2) is 9.37 Å². The van der Waals surface area contributed by atoms with Gasteiger partial charge in [0.05, 0.1) is 35.7 Å². The highest BCUT2D eigenvalue weighted by Gasteiger charge is 2.54. The molecule has 35 heavy (non-hydrogen) atoms. The predicted octanol–water partition coefficient (Wildman–Crippen LogP) is 4.17. The van der Waals surface area contributed by atoms with Crippen molar-refractivity contribution >= 4 is 23.2 Å². The summed E-state index contributed by atoms with van der Waals surface area (Å²) in [5.74, 6) is 0.801. The van der Waals surface area contributed by atoms with E-state index in [0.717, 1.165) is 11.4 Å². The van der Waals surface area contributed by atoms with Crippen molar-refractivity contribution in [1.29, 1.82) is 0 Å². The van der Waals surface area contributed by atoms with Crippen LogP contribution < -0.4 is 14.8 Å². The number of benzene rings is 2. The third-order valence-corrected chi connectivity index (χ3v) is 7.73. The Labute approximate surface area is 206 Å². The second-order valence-electron chi connectivity index (χ2n) is 8.86. The summed E-state index contributed by atoms with van der Waals surface area (Å²) in [6.45, 7) is 2.79. The third-order valence-electron chi connectivity index (χ3n) is 6.71. The average Bonchev–Trinajstić information content (AvgIpc) is 3.37. The van der Waals surface area contributed by atoms with Crippen LogP contribution in [0.4, 0.5) is 4.39 Å². The molecule has 1 aliphatic carbocycles. The molecule has 0 bridgehead atoms. The molecule has 1 saturated carbocycles. The van der Waals surface area contributed by atoms with Gasteiger partial charge in [0, 0.05) is 13.1 Å². The molecule has 2 aromatic carbocycles. The van der Waals surface area contributed by atoms with Crippen LogP contribution in [0.5, 0.6) is 11.5 Å². The Morgan fingerprint density at radius 1 is 1.20 bits per heavy atom. The summed E-state index contributed by atoms with van der Waals surface area (Å²) in [5.41, 5.74) is 1.35. The number of aromatic nitrogens is 1. The number of carbonyl (C=O) groups is 2. The summed E-state index contributed by atoms with van der Waals surface area (Å²) in [4.78, 5) is 33.6. The van der Waals surface area contributed by atoms with Crippen molar-refractivity contribution < 1.29 is 23.5 Å². The molecule has 2 heterocycles. The fourth-order valence-electron chi connectivity index (χ4n) is 4.96. The number of piperidine rings is 1. The van der Waals surface area contributed by atoms with Crippen LogP contribution in [-0.4, -0.2) is 55.0 Å². The lowest BCUT2D eigenvalue weighted by Gasteiger charge is -2.27. The highest BCUT2D eigenvalue weighted by Crippen LogP contribution is 2.50. The molecule has 3 aromatic rings. The second-order valence-corrected chi connectivity index (χ2v) is 10.1. The Kier molecular flexibility index (Phi) is 6.19. The highest BCUT2D eigenvalue weighted by atomic mass is 32.1. The van der Waals surface area contributed by atoms with Crippen LogP contribution >= 0.6 is 11.3 Å². The standard InChI is InChI=1S/C26H26FN3O4S/c1-14-29-22(24(35-14)15-6-4-7-17(27)10-15)26(32)30-13-16-11-19(16)20(30)12-28-25(31)18-8-5-9-21(33-2)23(18)34-3/h4-10,16,19-20H,11-13H2,1-3H3,(H,28,31)/t16-,19-,20-/m1/s1. The maximum Gasteiger partial charge on any atom is 0.274 e. The Morgan fingerprint density at radius 3 is 2.74 bits per heavy atom. The van der Waals surface area contributed by atoms with Gasteiger partial charge in [-0.2, -0.15) is 0 Å². The van der Waals surface area contributed by atoms with Crippen molar-refractivity contribution in [2.45, 2.75) is 19.4 Å². The number of halogens is 1. The minimum absolute atomic E-state index is 0.129. The predicted molar refractivity (Wildman–Crippen MR) is 131 cm³/mol. The van der Waals surface area contributed by atoms with Crippen LogP contribution in [0.15, 0.2) is 42.5 Å². The molecule has 0 unspecified atom stereocenters. The number of likely N-dealkylation sites (tertiary alicyclic amines) is 1. The Balaban J connectivity index is 1.36. The van der Waals surface area contributed by atoms with Gasteiger partial charge in [0.15, 0.2) is 11.5 Å². The number of carbonyl (C=O) groups excluding carboxylic acids is 2. The molecule has 1 aromatic heterocycles. The monoisotopic (exact) mass is 495 g/mol. The maximum absolute atomic E-state index is 13.9. The van der Waals surface area contributed by atoms with Crippen molar-refractivity contribution in [2.75, 3.05) is 27.3 Å². The molecule has 1 aliphatic heterocycles. The molecular formula is C26H26FN3O4S. The minimum Gasteiger partial charge on any atom is -0.493 e. The third kappa shape index (κ3) is 4.36. The molecule has 0 radical (unpaired) electrons. The zero-order valence-electron chi connectivity index (χ0n) is 19.7. The number of methoxy groups -OCH3 is 2. The molecule has 3 atom stereocenters. The van der Waals surface area contributed by atoms with E-state index in [4.69, 9.17) is 9.47 Å². The van der Waals surface area contributed by atoms with Gasteiger partial charge in [-0.05, 0) is 55.0 Å². The second kappa shape index (κ2) is 9.30. The van der Waals surface area contributed by atoms with Crippen LogP contribution in [0.25, 0.3) is 10.4 Å². The molecule has 0 spiro atoms. The van der Waals surface area contributed by atoms with Crippen molar-refractivity contribution in [1.82, 2.24) is 15.2 Å². The van der Waals surface area contributed by atoms with Crippen molar-refractivity contribution in [3.63, 3.8) is 0 Å². The van der Waals surface area contributed by atoms with Gasteiger partial charge in [0.1, 0.15) is 11.5 Å². The molecule has 9 heteroatoms. The van der Waals surface area contributed by atoms with Gasteiger partial charge < -0.3 is 19.7 Å². The fourth-order valence-corrected chi connectivity index (χ4v) is 5.87. The zero-order chi connectivity index (χ0) is 24.7. The van der Waals surface area contributed by atoms with Gasteiger partial charge in [-0.1, -0.05) is 18.2 Å². The first-order valence-electron chi connectivity index (χ1n) is 11.4. The summed E-state index contributed by atoms with van der Waals surface area (Å²) < 4.78 is 24.5. The van der Waals surface area contributed by atoms with Crippen LogP contribution in [0.3, 0.4) is 0 Å². The Morgan fingerprint density at radius 2 is 2.00 bits per heavy atom. The number of fused-ring (bicyclic) bond motifs is 1. The van der Waals surface area contributed by atoms with E-state index in [2.05, 4.69) is 10.3 Å². The topological polar surface area (TPSA) is 80.8 Å². The zero-order valence-corrected chi connectivity index (χ0v) is 20.5. The molecule has 5 rings (SSSR count). The number of nitrogens with one attached hydrogen (secondary N) is 1. The Hall–Kier alpha value is -3.46. The number of rotatable bonds is 7. The first-order chi connectivity index (χ1) is 16.9. The maximum atomic E-state index is 13.9. The summed E-state index contributed by atoms with van der Waals surface area (Å²) in [7, 11) is 3.01. The first kappa shape index (κ1) is 23.3. The van der Waals surface area contributed by atoms with E-state index in [1.807, 2.05) is 11.8 Å². The fraction of sp³-hybridized carbons (Fsp3) is 0.346. The van der Waals surface area contributed by atoms with E-state index in [1.54, 1.807) is 30.3 Å². The lowest BCUT2D eigenvalue weighted by molar-refractivity contribution is 0.0690. The Bertz CT molecular complexity index is 1290. The minimum atomic E-state index is -0.358. The van der Waals surface area contributed by atoms with Crippen LogP contribution in [0, 0.1) is 24.6 Å². The van der Waals surface area contributed by atoms with Gasteiger partial charge in [0.2, 0.25) is 0 Å². The highest BCUT2D eigenvalue weighted by molar-refractivity contribution is 7.15. The molecule has 7 nitrogen and oxygen atoms in total. The van der Waals surface area contributed by atoms with Gasteiger partial charge in [0.25, 0.3) is 11.8 Å². The van der Waals surface area contributed by atoms with Crippen LogP contribution in [0.2, 0.25) is 0 Å². The van der Waals surface area contributed by atoms with E-state index in [0.29, 0.717) is 58.1 Å². The number of hydrogen-bond acceptors (Lipinski definition) is 6. The van der Waals surface area contributed by atoms with Crippen molar-refractivity contribution in [3.8, 4) is 21.9 Å². The normalized spacial score (nSPS) is 20.3. The number of thiazole rings is 1. The number of para-hydroxylation sites is 1. The molecule has 1 N–H and O–H groups in total. The van der Waals surface area contributed by atoms with E-state index in [1.165, 1.54) is 37.7 Å². The molecule has 182 valence electrons. The number of aryl methyl sites for hydroxylation is 1. The lowest BCUT2D eigenvalue weighted by Crippen LogP contribution is -2.45. The quantitative estimate of drug-likeness (QED) is 0.532. The smallest absolute Gasteiger partial charge is 0.274 e. The number of ether oxygens (including phenoxy) is 2. The van der Waals surface area contributed by atoms with Crippen molar-refractivity contribution in [2.24, 2.45) is 11.8 Å². The summed E-state index contributed by atoms with van der Waals surface area (Å²) >= 11 is 1.38. The van der Waals surface area contributed by atoms with Crippen molar-refractivity contribution in [3.05, 3.63) is 64.5 Å². The molecule has 1 saturated heterocycles. The molecular weight excluding hydrogens is 469 g/mol. The molecule has 2 aliphatic rings. The number of hydrogen-bond donors (Lipinski definition) is 1. The SMILES string of the molecule is COc1cccc(C(=O)NC[C@@H]2[C@@H]3C[C@@H]3CN2C(=O)c2nc(C)sc2-c2cccc(F)c2)c1OC. The van der Waals surface area contributed by atoms with Gasteiger partial charge >= 0.3 is 0 Å². The average molecular weight is 496 g/mol. The number of nitrogens with zero attached hydrogens (tertiary/aromatic N) is 2. The summed E-state index contributed by atoms with van der Waals surface area (Å²) in [5, 5.41) is 3.73. The van der Waals surface area contributed by atoms with E-state index in [9.17, 15) is 14.0 Å². The lowest BCUT2D eigenvalue weighted by atomic mass is 10.1. The van der Waals surface area contributed by atoms with E-state index >= 15 is 0 Å².